The van der Waals surface area contributed by atoms with Crippen molar-refractivity contribution >= 4 is 29.1 Å². The topological polar surface area (TPSA) is 67.9 Å². The lowest BCUT2D eigenvalue weighted by atomic mass is 10.0. The Hall–Kier alpha value is -2.57. The zero-order valence-electron chi connectivity index (χ0n) is 16.7. The Bertz CT molecular complexity index is 916. The molecule has 1 fully saturated rings. The maximum Gasteiger partial charge on any atom is 0.224 e. The third-order valence-electron chi connectivity index (χ3n) is 5.44. The molecule has 1 atom stereocenters. The van der Waals surface area contributed by atoms with Gasteiger partial charge in [-0.2, -0.15) is 0 Å². The number of fused-ring (bicyclic) bond motifs is 1. The molecule has 0 aliphatic carbocycles. The molecule has 0 bridgehead atoms. The number of nitrogens with one attached hydrogen (secondary N) is 1. The van der Waals surface area contributed by atoms with E-state index in [2.05, 4.69) is 5.32 Å². The molecule has 2 aromatic rings. The molecule has 2 aliphatic heterocycles. The minimum absolute atomic E-state index is 0.0519. The van der Waals surface area contributed by atoms with Crippen molar-refractivity contribution in [3.63, 3.8) is 0 Å². The number of carbonyl (C=O) groups excluding carboxylic acids is 2. The van der Waals surface area contributed by atoms with Gasteiger partial charge in [-0.05, 0) is 54.3 Å². The first-order chi connectivity index (χ1) is 14.6. The fraction of sp³-hybridized carbons (Fsp3) is 0.391. The number of hydrogen-bond donors (Lipinski definition) is 1. The number of anilines is 1. The average molecular weight is 429 g/mol. The van der Waals surface area contributed by atoms with Crippen LogP contribution in [-0.4, -0.2) is 43.0 Å². The van der Waals surface area contributed by atoms with E-state index in [0.29, 0.717) is 50.6 Å². The van der Waals surface area contributed by atoms with Crippen LogP contribution in [-0.2, 0) is 20.7 Å². The standard InChI is InChI=1S/C23H25ClN2O4/c24-18-6-3-16(4-7-18)21-15-26(11-13-30-21)23(28)2-1-12-29-19-8-9-20-17(14-19)5-10-22(27)25-20/h3-4,6-9,14,21H,1-2,5,10-13,15H2,(H,25,27). The van der Waals surface area contributed by atoms with Gasteiger partial charge in [-0.15, -0.1) is 0 Å². The Morgan fingerprint density at radius 1 is 1.20 bits per heavy atom. The van der Waals surface area contributed by atoms with Crippen LogP contribution in [0.4, 0.5) is 5.69 Å². The lowest BCUT2D eigenvalue weighted by Gasteiger charge is -2.33. The Labute approximate surface area is 181 Å². The highest BCUT2D eigenvalue weighted by atomic mass is 35.5. The third kappa shape index (κ3) is 5.12. The molecule has 1 N–H and O–H groups in total. The fourth-order valence-electron chi connectivity index (χ4n) is 3.78. The van der Waals surface area contributed by atoms with E-state index in [-0.39, 0.29) is 17.9 Å². The van der Waals surface area contributed by atoms with Gasteiger partial charge >= 0.3 is 0 Å². The minimum Gasteiger partial charge on any atom is -0.494 e. The smallest absolute Gasteiger partial charge is 0.224 e. The molecule has 2 heterocycles. The number of morpholine rings is 1. The van der Waals surface area contributed by atoms with Crippen LogP contribution in [0.1, 0.15) is 36.5 Å². The van der Waals surface area contributed by atoms with Gasteiger partial charge in [0, 0.05) is 30.1 Å². The van der Waals surface area contributed by atoms with Crippen molar-refractivity contribution in [2.24, 2.45) is 0 Å². The second kappa shape index (κ2) is 9.49. The van der Waals surface area contributed by atoms with E-state index in [1.807, 2.05) is 47.4 Å². The molecule has 2 aromatic carbocycles. The maximum absolute atomic E-state index is 12.6. The molecule has 158 valence electrons. The number of carbonyl (C=O) groups is 2. The Morgan fingerprint density at radius 2 is 2.03 bits per heavy atom. The normalized spacial score (nSPS) is 18.5. The Morgan fingerprint density at radius 3 is 2.87 bits per heavy atom. The van der Waals surface area contributed by atoms with E-state index in [9.17, 15) is 9.59 Å². The predicted molar refractivity (Wildman–Crippen MR) is 115 cm³/mol. The number of ether oxygens (including phenoxy) is 2. The summed E-state index contributed by atoms with van der Waals surface area (Å²) < 4.78 is 11.6. The second-order valence-corrected chi connectivity index (χ2v) is 8.01. The largest absolute Gasteiger partial charge is 0.494 e. The summed E-state index contributed by atoms with van der Waals surface area (Å²) >= 11 is 5.95. The number of amides is 2. The van der Waals surface area contributed by atoms with Crippen molar-refractivity contribution in [3.8, 4) is 5.75 Å². The summed E-state index contributed by atoms with van der Waals surface area (Å²) in [6.45, 7) is 2.17. The zero-order chi connectivity index (χ0) is 20.9. The Balaban J connectivity index is 1.23. The van der Waals surface area contributed by atoms with Crippen molar-refractivity contribution in [1.29, 1.82) is 0 Å². The molecule has 0 saturated carbocycles. The highest BCUT2D eigenvalue weighted by molar-refractivity contribution is 6.30. The van der Waals surface area contributed by atoms with Crippen LogP contribution < -0.4 is 10.1 Å². The summed E-state index contributed by atoms with van der Waals surface area (Å²) in [7, 11) is 0. The van der Waals surface area contributed by atoms with Crippen LogP contribution in [0, 0.1) is 0 Å². The molecular weight excluding hydrogens is 404 g/mol. The first kappa shape index (κ1) is 20.7. The predicted octanol–water partition coefficient (Wildman–Crippen LogP) is 3.98. The molecule has 30 heavy (non-hydrogen) atoms. The number of aryl methyl sites for hydroxylation is 1. The summed E-state index contributed by atoms with van der Waals surface area (Å²) in [5.74, 6) is 0.941. The monoisotopic (exact) mass is 428 g/mol. The third-order valence-corrected chi connectivity index (χ3v) is 5.69. The summed E-state index contributed by atoms with van der Waals surface area (Å²) in [5, 5.41) is 3.55. The van der Waals surface area contributed by atoms with Crippen LogP contribution >= 0.6 is 11.6 Å². The van der Waals surface area contributed by atoms with E-state index in [0.717, 1.165) is 29.0 Å². The molecule has 0 aromatic heterocycles. The number of benzene rings is 2. The lowest BCUT2D eigenvalue weighted by molar-refractivity contribution is -0.139. The fourth-order valence-corrected chi connectivity index (χ4v) is 3.90. The molecule has 0 radical (unpaired) electrons. The number of hydrogen-bond acceptors (Lipinski definition) is 4. The minimum atomic E-state index is -0.118. The van der Waals surface area contributed by atoms with E-state index in [1.54, 1.807) is 0 Å². The highest BCUT2D eigenvalue weighted by Gasteiger charge is 2.25. The quantitative estimate of drug-likeness (QED) is 0.706. The van der Waals surface area contributed by atoms with Gasteiger partial charge in [0.1, 0.15) is 11.9 Å². The van der Waals surface area contributed by atoms with Gasteiger partial charge < -0.3 is 19.7 Å². The van der Waals surface area contributed by atoms with E-state index < -0.39 is 0 Å². The number of nitrogens with zero attached hydrogens (tertiary/aromatic N) is 1. The molecule has 4 rings (SSSR count). The van der Waals surface area contributed by atoms with E-state index >= 15 is 0 Å². The van der Waals surface area contributed by atoms with Crippen LogP contribution in [0.2, 0.25) is 5.02 Å². The van der Waals surface area contributed by atoms with Gasteiger partial charge in [0.25, 0.3) is 0 Å². The van der Waals surface area contributed by atoms with E-state index in [4.69, 9.17) is 21.1 Å². The Kier molecular flexibility index (Phi) is 6.55. The number of halogens is 1. The molecule has 2 aliphatic rings. The molecular formula is C23H25ClN2O4. The molecule has 0 spiro atoms. The van der Waals surface area contributed by atoms with Crippen LogP contribution in [0.5, 0.6) is 5.75 Å². The van der Waals surface area contributed by atoms with Gasteiger partial charge in [0.2, 0.25) is 11.8 Å². The molecule has 1 saturated heterocycles. The molecule has 7 heteroatoms. The van der Waals surface area contributed by atoms with Crippen molar-refractivity contribution in [2.75, 3.05) is 31.6 Å². The summed E-state index contributed by atoms with van der Waals surface area (Å²) in [4.78, 5) is 25.9. The average Bonchev–Trinajstić information content (AvgIpc) is 2.77. The summed E-state index contributed by atoms with van der Waals surface area (Å²) in [6.07, 6.45) is 2.20. The van der Waals surface area contributed by atoms with Crippen LogP contribution in [0.3, 0.4) is 0 Å². The van der Waals surface area contributed by atoms with Gasteiger partial charge in [0.15, 0.2) is 0 Å². The lowest BCUT2D eigenvalue weighted by Crippen LogP contribution is -2.42. The van der Waals surface area contributed by atoms with Gasteiger partial charge in [-0.1, -0.05) is 23.7 Å². The summed E-state index contributed by atoms with van der Waals surface area (Å²) in [6, 6.07) is 13.3. The van der Waals surface area contributed by atoms with E-state index in [1.165, 1.54) is 0 Å². The molecule has 6 nitrogen and oxygen atoms in total. The number of rotatable bonds is 6. The highest BCUT2D eigenvalue weighted by Crippen LogP contribution is 2.27. The van der Waals surface area contributed by atoms with Crippen LogP contribution in [0.25, 0.3) is 0 Å². The van der Waals surface area contributed by atoms with Crippen molar-refractivity contribution in [3.05, 3.63) is 58.6 Å². The first-order valence-corrected chi connectivity index (χ1v) is 10.7. The zero-order valence-corrected chi connectivity index (χ0v) is 17.5. The molecule has 2 amide bonds. The molecule has 1 unspecified atom stereocenters. The van der Waals surface area contributed by atoms with Gasteiger partial charge in [-0.25, -0.2) is 0 Å². The van der Waals surface area contributed by atoms with Crippen LogP contribution in [0.15, 0.2) is 42.5 Å². The maximum atomic E-state index is 12.6. The van der Waals surface area contributed by atoms with Gasteiger partial charge in [0.05, 0.1) is 19.8 Å². The van der Waals surface area contributed by atoms with Crippen molar-refractivity contribution < 1.29 is 19.1 Å². The van der Waals surface area contributed by atoms with Crippen molar-refractivity contribution in [2.45, 2.75) is 31.8 Å². The SMILES string of the molecule is O=C1CCc2cc(OCCCC(=O)N3CCOC(c4ccc(Cl)cc4)C3)ccc2N1. The second-order valence-electron chi connectivity index (χ2n) is 7.57. The first-order valence-electron chi connectivity index (χ1n) is 10.3. The summed E-state index contributed by atoms with van der Waals surface area (Å²) in [5.41, 5.74) is 2.98. The van der Waals surface area contributed by atoms with Crippen molar-refractivity contribution in [1.82, 2.24) is 4.90 Å². The van der Waals surface area contributed by atoms with Gasteiger partial charge in [-0.3, -0.25) is 9.59 Å².